The van der Waals surface area contributed by atoms with Crippen LogP contribution < -0.4 is 15.9 Å². The number of Topliss-reactive ketones (excluding diaryl/α,β-unsaturated/α-hetero) is 1. The van der Waals surface area contributed by atoms with Gasteiger partial charge in [-0.05, 0) is 35.5 Å². The van der Waals surface area contributed by atoms with Crippen molar-refractivity contribution < 1.29 is 4.79 Å². The third-order valence-corrected chi connectivity index (χ3v) is 9.52. The van der Waals surface area contributed by atoms with Gasteiger partial charge in [0.25, 0.3) is 0 Å². The van der Waals surface area contributed by atoms with Gasteiger partial charge in [-0.15, -0.1) is 11.3 Å². The molecule has 0 aliphatic carbocycles. The lowest BCUT2D eigenvalue weighted by atomic mass is 10.4. The summed E-state index contributed by atoms with van der Waals surface area (Å²) in [6.45, 7) is -0.299. The van der Waals surface area contributed by atoms with Gasteiger partial charge < -0.3 is 0 Å². The zero-order valence-electron chi connectivity index (χ0n) is 15.5. The van der Waals surface area contributed by atoms with E-state index in [0.717, 1.165) is 20.8 Å². The van der Waals surface area contributed by atoms with Crippen LogP contribution in [0.15, 0.2) is 97.2 Å². The highest BCUT2D eigenvalue weighted by Gasteiger charge is 2.27. The molecule has 0 unspecified atom stereocenters. The summed E-state index contributed by atoms with van der Waals surface area (Å²) in [5.74, 6) is 1.92. The third-order valence-electron chi connectivity index (χ3n) is 4.63. The Labute approximate surface area is 169 Å². The quantitative estimate of drug-likeness (QED) is 0.366. The van der Waals surface area contributed by atoms with E-state index in [0.29, 0.717) is 5.01 Å². The second kappa shape index (κ2) is 8.10. The summed E-state index contributed by atoms with van der Waals surface area (Å²) in [6, 6.07) is 31.1. The number of hydrogen-bond acceptors (Lipinski definition) is 3. The minimum absolute atomic E-state index is 0.0111. The fourth-order valence-electron chi connectivity index (χ4n) is 3.36. The standard InChI is InChI=1S/C24H20NOPS/c1-19-17-25-24(28-19)23(26)18-27(20-11-5-2-6-12-20,21-13-7-3-8-14-21)22-15-9-4-10-16-22/h2-18H,1H3. The molecular weight excluding hydrogens is 381 g/mol. The summed E-state index contributed by atoms with van der Waals surface area (Å²) >= 11 is 1.45. The predicted molar refractivity (Wildman–Crippen MR) is 122 cm³/mol. The van der Waals surface area contributed by atoms with Crippen LogP contribution in [0.3, 0.4) is 0 Å². The first kappa shape index (κ1) is 18.6. The van der Waals surface area contributed by atoms with Crippen LogP contribution in [0.5, 0.6) is 0 Å². The van der Waals surface area contributed by atoms with Gasteiger partial charge in [0.1, 0.15) is 0 Å². The van der Waals surface area contributed by atoms with Crippen LogP contribution in [0.25, 0.3) is 0 Å². The van der Waals surface area contributed by atoms with Crippen molar-refractivity contribution in [1.82, 2.24) is 4.98 Å². The molecule has 1 aromatic heterocycles. The number of benzene rings is 3. The summed E-state index contributed by atoms with van der Waals surface area (Å²) in [4.78, 5) is 18.7. The van der Waals surface area contributed by atoms with E-state index in [4.69, 9.17) is 0 Å². The van der Waals surface area contributed by atoms with Gasteiger partial charge in [0.15, 0.2) is 5.01 Å². The van der Waals surface area contributed by atoms with Gasteiger partial charge in [-0.1, -0.05) is 91.0 Å². The average molecular weight is 401 g/mol. The fraction of sp³-hybridized carbons (Fsp3) is 0.0417. The molecular formula is C24H20NOPS. The average Bonchev–Trinajstić information content (AvgIpc) is 3.20. The van der Waals surface area contributed by atoms with E-state index in [2.05, 4.69) is 41.4 Å². The number of nitrogens with zero attached hydrogens (tertiary/aromatic N) is 1. The molecule has 0 amide bonds. The zero-order chi connectivity index (χ0) is 19.4. The van der Waals surface area contributed by atoms with Crippen LogP contribution >= 0.6 is 18.2 Å². The van der Waals surface area contributed by atoms with E-state index >= 15 is 0 Å². The number of rotatable bonds is 5. The molecule has 0 radical (unpaired) electrons. The van der Waals surface area contributed by atoms with Crippen molar-refractivity contribution >= 4 is 45.7 Å². The SMILES string of the molecule is Cc1cnc(C(=O)C=P(c2ccccc2)(c2ccccc2)c2ccccc2)s1. The molecule has 3 aromatic carbocycles. The van der Waals surface area contributed by atoms with E-state index in [9.17, 15) is 4.79 Å². The van der Waals surface area contributed by atoms with Crippen LogP contribution in [0.4, 0.5) is 0 Å². The predicted octanol–water partition coefficient (Wildman–Crippen LogP) is 4.43. The van der Waals surface area contributed by atoms with Gasteiger partial charge >= 0.3 is 0 Å². The number of thiazole rings is 1. The maximum Gasteiger partial charge on any atom is 0.215 e. The summed E-state index contributed by atoms with van der Waals surface area (Å²) in [7, 11) is 0. The first-order valence-corrected chi connectivity index (χ1v) is 11.8. The Morgan fingerprint density at radius 1 is 0.786 bits per heavy atom. The molecule has 0 atom stereocenters. The molecule has 138 valence electrons. The van der Waals surface area contributed by atoms with E-state index < -0.39 is 6.89 Å². The lowest BCUT2D eigenvalue weighted by molar-refractivity contribution is 0.107. The van der Waals surface area contributed by atoms with E-state index in [1.54, 1.807) is 6.20 Å². The molecule has 4 heteroatoms. The number of hydrogen-bond donors (Lipinski definition) is 0. The monoisotopic (exact) mass is 401 g/mol. The van der Waals surface area contributed by atoms with Crippen molar-refractivity contribution in [3.8, 4) is 0 Å². The molecule has 0 spiro atoms. The first-order valence-electron chi connectivity index (χ1n) is 9.08. The Bertz CT molecular complexity index is 1030. The first-order chi connectivity index (χ1) is 13.7. The largest absolute Gasteiger partial charge is 0.287 e. The van der Waals surface area contributed by atoms with Crippen LogP contribution in [0, 0.1) is 6.92 Å². The molecule has 0 saturated carbocycles. The van der Waals surface area contributed by atoms with Gasteiger partial charge in [-0.2, -0.15) is 0 Å². The minimum atomic E-state index is -2.27. The highest BCUT2D eigenvalue weighted by Crippen LogP contribution is 2.43. The van der Waals surface area contributed by atoms with Gasteiger partial charge in [0, 0.05) is 11.1 Å². The van der Waals surface area contributed by atoms with Crippen molar-refractivity contribution in [1.29, 1.82) is 0 Å². The lowest BCUT2D eigenvalue weighted by Gasteiger charge is -2.28. The second-order valence-electron chi connectivity index (χ2n) is 6.50. The van der Waals surface area contributed by atoms with Crippen molar-refractivity contribution in [3.05, 3.63) is 107 Å². The number of carbonyl (C=O) groups is 1. The Balaban J connectivity index is 2.07. The molecule has 0 aliphatic heterocycles. The molecule has 28 heavy (non-hydrogen) atoms. The Morgan fingerprint density at radius 3 is 1.57 bits per heavy atom. The Morgan fingerprint density at radius 2 is 1.21 bits per heavy atom. The highest BCUT2D eigenvalue weighted by atomic mass is 32.1. The highest BCUT2D eigenvalue weighted by molar-refractivity contribution is 7.95. The van der Waals surface area contributed by atoms with Crippen LogP contribution in [0.2, 0.25) is 0 Å². The molecule has 4 rings (SSSR count). The molecule has 1 heterocycles. The van der Waals surface area contributed by atoms with E-state index in [1.807, 2.05) is 67.3 Å². The lowest BCUT2D eigenvalue weighted by Crippen LogP contribution is -2.28. The number of aryl methyl sites for hydroxylation is 1. The minimum Gasteiger partial charge on any atom is -0.287 e. The smallest absolute Gasteiger partial charge is 0.215 e. The Hall–Kier alpha value is -2.74. The topological polar surface area (TPSA) is 30.0 Å². The molecule has 0 N–H and O–H groups in total. The number of carbonyl (C=O) groups excluding carboxylic acids is 1. The molecule has 0 aliphatic rings. The van der Waals surface area contributed by atoms with E-state index in [-0.39, 0.29) is 5.78 Å². The third kappa shape index (κ3) is 3.52. The number of aromatic nitrogens is 1. The Kier molecular flexibility index (Phi) is 5.38. The molecule has 0 fully saturated rings. The summed E-state index contributed by atoms with van der Waals surface area (Å²) in [6.07, 6.45) is 1.76. The molecule has 0 saturated heterocycles. The van der Waals surface area contributed by atoms with Gasteiger partial charge in [-0.3, -0.25) is 4.79 Å². The zero-order valence-corrected chi connectivity index (χ0v) is 17.2. The van der Waals surface area contributed by atoms with E-state index in [1.165, 1.54) is 11.3 Å². The maximum absolute atomic E-state index is 13.3. The normalized spacial score (nSPS) is 11.2. The van der Waals surface area contributed by atoms with Gasteiger partial charge in [-0.25, -0.2) is 4.98 Å². The fourth-order valence-corrected chi connectivity index (χ4v) is 7.87. The van der Waals surface area contributed by atoms with Crippen molar-refractivity contribution in [2.24, 2.45) is 0 Å². The number of ketones is 1. The van der Waals surface area contributed by atoms with Gasteiger partial charge in [0.05, 0.1) is 0 Å². The van der Waals surface area contributed by atoms with Crippen molar-refractivity contribution in [3.63, 3.8) is 0 Å². The van der Waals surface area contributed by atoms with Crippen molar-refractivity contribution in [2.45, 2.75) is 6.92 Å². The van der Waals surface area contributed by atoms with Gasteiger partial charge in [0.2, 0.25) is 5.78 Å². The molecule has 4 aromatic rings. The van der Waals surface area contributed by atoms with Crippen LogP contribution in [-0.4, -0.2) is 16.6 Å². The summed E-state index contributed by atoms with van der Waals surface area (Å²) in [5.41, 5.74) is 0. The van der Waals surface area contributed by atoms with Crippen molar-refractivity contribution in [2.75, 3.05) is 0 Å². The second-order valence-corrected chi connectivity index (χ2v) is 11.0. The van der Waals surface area contributed by atoms with Crippen LogP contribution in [0.1, 0.15) is 14.7 Å². The maximum atomic E-state index is 13.3. The summed E-state index contributed by atoms with van der Waals surface area (Å²) in [5, 5.41) is 4.03. The van der Waals surface area contributed by atoms with Crippen LogP contribution in [-0.2, 0) is 0 Å². The molecule has 2 nitrogen and oxygen atoms in total. The molecule has 0 bridgehead atoms. The summed E-state index contributed by atoms with van der Waals surface area (Å²) < 4.78 is 0.